The fraction of sp³-hybridized carbons (Fsp3) is 0.875. The molecule has 0 amide bonds. The Morgan fingerprint density at radius 2 is 2.00 bits per heavy atom. The van der Waals surface area contributed by atoms with Crippen molar-refractivity contribution in [1.29, 1.82) is 0 Å². The normalized spacial score (nSPS) is 11.9. The predicted octanol–water partition coefficient (Wildman–Crippen LogP) is 2.57. The minimum atomic E-state index is -0.466. The Balaban J connectivity index is 0. The van der Waals surface area contributed by atoms with E-state index in [0.29, 0.717) is 0 Å². The minimum absolute atomic E-state index is 0. The SMILES string of the molecule is CCCCCC([NH-])C(C)=O.[Y]. The molecule has 0 aromatic heterocycles. The molecule has 0 saturated carbocycles. The summed E-state index contributed by atoms with van der Waals surface area (Å²) in [7, 11) is 0. The summed E-state index contributed by atoms with van der Waals surface area (Å²) in [5.41, 5.74) is 7.26. The van der Waals surface area contributed by atoms with Crippen LogP contribution in [-0.2, 0) is 37.5 Å². The first-order valence-corrected chi connectivity index (χ1v) is 3.90. The fourth-order valence-electron chi connectivity index (χ4n) is 0.802. The zero-order chi connectivity index (χ0) is 7.98. The van der Waals surface area contributed by atoms with Crippen LogP contribution in [0.15, 0.2) is 0 Å². The average Bonchev–Trinajstić information content (AvgIpc) is 1.88. The van der Waals surface area contributed by atoms with Crippen molar-refractivity contribution in [3.63, 3.8) is 0 Å². The Labute approximate surface area is 94.2 Å². The Morgan fingerprint density at radius 1 is 1.45 bits per heavy atom. The molecule has 0 rings (SSSR count). The molecule has 11 heavy (non-hydrogen) atoms. The van der Waals surface area contributed by atoms with Gasteiger partial charge in [0.05, 0.1) is 0 Å². The second-order valence-electron chi connectivity index (χ2n) is 2.66. The monoisotopic (exact) mass is 231 g/mol. The molecule has 63 valence electrons. The number of unbranched alkanes of at least 4 members (excludes halogenated alkanes) is 2. The van der Waals surface area contributed by atoms with Gasteiger partial charge in [0, 0.05) is 32.7 Å². The van der Waals surface area contributed by atoms with Gasteiger partial charge in [-0.2, -0.15) is 0 Å². The van der Waals surface area contributed by atoms with E-state index in [1.807, 2.05) is 0 Å². The Kier molecular flexibility index (Phi) is 11.5. The third-order valence-electron chi connectivity index (χ3n) is 1.59. The van der Waals surface area contributed by atoms with Gasteiger partial charge in [0.2, 0.25) is 0 Å². The third kappa shape index (κ3) is 8.64. The number of Topliss-reactive ketones (excluding diaryl/α,β-unsaturated/α-hetero) is 1. The van der Waals surface area contributed by atoms with Crippen LogP contribution in [0.25, 0.3) is 5.73 Å². The van der Waals surface area contributed by atoms with Crippen LogP contribution < -0.4 is 0 Å². The van der Waals surface area contributed by atoms with Gasteiger partial charge in [0.1, 0.15) is 5.78 Å². The summed E-state index contributed by atoms with van der Waals surface area (Å²) >= 11 is 0. The summed E-state index contributed by atoms with van der Waals surface area (Å²) < 4.78 is 0. The molecule has 0 aliphatic carbocycles. The van der Waals surface area contributed by atoms with Gasteiger partial charge >= 0.3 is 0 Å². The molecular weight excluding hydrogens is 215 g/mol. The van der Waals surface area contributed by atoms with Gasteiger partial charge in [0.15, 0.2) is 0 Å². The van der Waals surface area contributed by atoms with Crippen LogP contribution in [0.1, 0.15) is 39.5 Å². The number of hydrogen-bond acceptors (Lipinski definition) is 1. The van der Waals surface area contributed by atoms with Crippen LogP contribution in [0, 0.1) is 0 Å². The van der Waals surface area contributed by atoms with Gasteiger partial charge in [-0.25, -0.2) is 0 Å². The van der Waals surface area contributed by atoms with Gasteiger partial charge in [-0.15, -0.1) is 0 Å². The molecule has 0 fully saturated rings. The van der Waals surface area contributed by atoms with Crippen LogP contribution in [0.4, 0.5) is 0 Å². The molecule has 3 heteroatoms. The van der Waals surface area contributed by atoms with Crippen molar-refractivity contribution in [3.05, 3.63) is 5.73 Å². The van der Waals surface area contributed by atoms with Crippen molar-refractivity contribution in [2.75, 3.05) is 0 Å². The molecule has 1 unspecified atom stereocenters. The first-order valence-electron chi connectivity index (χ1n) is 3.90. The molecule has 0 aliphatic rings. The van der Waals surface area contributed by atoms with E-state index in [4.69, 9.17) is 5.73 Å². The molecule has 0 aromatic rings. The molecule has 0 aromatic carbocycles. The van der Waals surface area contributed by atoms with Crippen molar-refractivity contribution < 1.29 is 37.5 Å². The van der Waals surface area contributed by atoms with Crippen LogP contribution in [-0.4, -0.2) is 11.8 Å². The van der Waals surface area contributed by atoms with Crippen molar-refractivity contribution in [1.82, 2.24) is 0 Å². The first kappa shape index (κ1) is 14.3. The van der Waals surface area contributed by atoms with E-state index in [-0.39, 0.29) is 38.5 Å². The minimum Gasteiger partial charge on any atom is -0.668 e. The fourth-order valence-corrected chi connectivity index (χ4v) is 0.802. The second-order valence-corrected chi connectivity index (χ2v) is 2.66. The number of ketones is 1. The first-order chi connectivity index (χ1) is 4.68. The van der Waals surface area contributed by atoms with Crippen LogP contribution in [0.5, 0.6) is 0 Å². The number of rotatable bonds is 5. The van der Waals surface area contributed by atoms with E-state index >= 15 is 0 Å². The smallest absolute Gasteiger partial charge is 0.112 e. The molecule has 0 heterocycles. The number of nitrogens with one attached hydrogen (secondary N) is 1. The summed E-state index contributed by atoms with van der Waals surface area (Å²) in [6.45, 7) is 3.61. The molecular formula is C8H16NOY-. The molecule has 1 N–H and O–H groups in total. The maximum absolute atomic E-state index is 10.6. The molecule has 1 atom stereocenters. The summed E-state index contributed by atoms with van der Waals surface area (Å²) in [5.74, 6) is -0.00361. The third-order valence-corrected chi connectivity index (χ3v) is 1.59. The molecule has 2 nitrogen and oxygen atoms in total. The molecule has 1 radical (unpaired) electrons. The Bertz CT molecular complexity index is 106. The average molecular weight is 231 g/mol. The van der Waals surface area contributed by atoms with E-state index in [0.717, 1.165) is 25.7 Å². The summed E-state index contributed by atoms with van der Waals surface area (Å²) in [4.78, 5) is 10.6. The maximum Gasteiger partial charge on any atom is 0.112 e. The molecule has 0 bridgehead atoms. The number of hydrogen-bond donors (Lipinski definition) is 0. The van der Waals surface area contributed by atoms with Crippen molar-refractivity contribution in [2.24, 2.45) is 0 Å². The Morgan fingerprint density at radius 3 is 2.36 bits per heavy atom. The van der Waals surface area contributed by atoms with E-state index in [9.17, 15) is 4.79 Å². The van der Waals surface area contributed by atoms with Gasteiger partial charge in [-0.1, -0.05) is 38.6 Å². The summed E-state index contributed by atoms with van der Waals surface area (Å²) in [5, 5.41) is 0. The predicted molar refractivity (Wildman–Crippen MR) is 42.9 cm³/mol. The van der Waals surface area contributed by atoms with E-state index in [1.54, 1.807) is 0 Å². The van der Waals surface area contributed by atoms with E-state index < -0.39 is 6.04 Å². The van der Waals surface area contributed by atoms with Crippen LogP contribution in [0.3, 0.4) is 0 Å². The summed E-state index contributed by atoms with van der Waals surface area (Å²) in [6, 6.07) is -0.466. The molecule has 0 saturated heterocycles. The standard InChI is InChI=1S/C8H16NO.Y/c1-3-4-5-6-8(9)7(2)10;/h8-9H,3-6H2,1-2H3;/q-1;. The molecule has 0 aliphatic heterocycles. The van der Waals surface area contributed by atoms with Crippen molar-refractivity contribution in [3.8, 4) is 0 Å². The van der Waals surface area contributed by atoms with Crippen LogP contribution in [0.2, 0.25) is 0 Å². The maximum atomic E-state index is 10.6. The van der Waals surface area contributed by atoms with Gasteiger partial charge in [-0.3, -0.25) is 0 Å². The van der Waals surface area contributed by atoms with Gasteiger partial charge in [-0.05, 0) is 6.92 Å². The van der Waals surface area contributed by atoms with E-state index in [2.05, 4.69) is 6.92 Å². The van der Waals surface area contributed by atoms with E-state index in [1.165, 1.54) is 6.92 Å². The second kappa shape index (κ2) is 8.83. The summed E-state index contributed by atoms with van der Waals surface area (Å²) in [6.07, 6.45) is 4.06. The topological polar surface area (TPSA) is 40.9 Å². The van der Waals surface area contributed by atoms with Crippen molar-refractivity contribution in [2.45, 2.75) is 45.6 Å². The van der Waals surface area contributed by atoms with Gasteiger partial charge in [0.25, 0.3) is 0 Å². The Hall–Kier alpha value is 0.734. The number of carbonyl (C=O) groups is 1. The quantitative estimate of drug-likeness (QED) is 0.670. The largest absolute Gasteiger partial charge is 0.668 e. The molecule has 0 spiro atoms. The number of carbonyl (C=O) groups excluding carboxylic acids is 1. The van der Waals surface area contributed by atoms with Crippen molar-refractivity contribution >= 4 is 5.78 Å². The van der Waals surface area contributed by atoms with Gasteiger partial charge < -0.3 is 10.5 Å². The van der Waals surface area contributed by atoms with Crippen LogP contribution >= 0.6 is 0 Å². The zero-order valence-corrected chi connectivity index (χ0v) is 10.2. The zero-order valence-electron chi connectivity index (χ0n) is 7.39.